The Morgan fingerprint density at radius 3 is 1.38 bits per heavy atom. The summed E-state index contributed by atoms with van der Waals surface area (Å²) in [5.41, 5.74) is 16.6. The van der Waals surface area contributed by atoms with Gasteiger partial charge < -0.3 is 0 Å². The Morgan fingerprint density at radius 2 is 0.738 bits per heavy atom. The maximum absolute atomic E-state index is 5.34. The lowest BCUT2D eigenvalue weighted by molar-refractivity contribution is 0.767. The summed E-state index contributed by atoms with van der Waals surface area (Å²) in [6.07, 6.45) is 4.56. The molecular weight excluding hydrogens is 739 g/mol. The maximum atomic E-state index is 5.34. The molecule has 1 heterocycles. The van der Waals surface area contributed by atoms with Crippen LogP contribution in [0, 0.1) is 0 Å². The Balaban J connectivity index is 1.11. The van der Waals surface area contributed by atoms with E-state index in [1.165, 1.54) is 49.7 Å². The van der Waals surface area contributed by atoms with Crippen molar-refractivity contribution in [2.75, 3.05) is 0 Å². The van der Waals surface area contributed by atoms with Crippen LogP contribution in [0.1, 0.15) is 33.4 Å². The zero-order valence-electron chi connectivity index (χ0n) is 33.2. The van der Waals surface area contributed by atoms with Gasteiger partial charge in [0.05, 0.1) is 5.41 Å². The van der Waals surface area contributed by atoms with Gasteiger partial charge in [0.15, 0.2) is 17.5 Å². The zero-order valence-corrected chi connectivity index (χ0v) is 33.2. The van der Waals surface area contributed by atoms with Gasteiger partial charge in [-0.05, 0) is 108 Å². The Labute approximate surface area is 355 Å². The van der Waals surface area contributed by atoms with Crippen LogP contribution in [-0.2, 0) is 5.41 Å². The third kappa shape index (κ3) is 5.70. The first-order chi connectivity index (χ1) is 30.2. The van der Waals surface area contributed by atoms with Crippen LogP contribution in [0.5, 0.6) is 0 Å². The molecule has 0 fully saturated rings. The van der Waals surface area contributed by atoms with E-state index in [2.05, 4.69) is 212 Å². The average Bonchev–Trinajstić information content (AvgIpc) is 3.53. The molecule has 1 unspecified atom stereocenters. The molecular formula is C58H37N3. The van der Waals surface area contributed by atoms with Gasteiger partial charge in [-0.3, -0.25) is 0 Å². The minimum atomic E-state index is -0.603. The lowest BCUT2D eigenvalue weighted by atomic mass is 9.65. The van der Waals surface area contributed by atoms with Gasteiger partial charge in [0, 0.05) is 16.7 Å². The van der Waals surface area contributed by atoms with Crippen molar-refractivity contribution >= 4 is 22.9 Å². The predicted molar refractivity (Wildman–Crippen MR) is 251 cm³/mol. The van der Waals surface area contributed by atoms with Gasteiger partial charge in [-0.1, -0.05) is 194 Å². The summed E-state index contributed by atoms with van der Waals surface area (Å²) >= 11 is 0. The second kappa shape index (κ2) is 14.1. The fraction of sp³-hybridized carbons (Fsp3) is 0.0172. The van der Waals surface area contributed by atoms with Gasteiger partial charge >= 0.3 is 0 Å². The molecule has 9 aromatic carbocycles. The molecule has 0 N–H and O–H groups in total. The molecule has 10 aromatic rings. The molecule has 0 saturated heterocycles. The highest BCUT2D eigenvalue weighted by Gasteiger charge is 2.48. The largest absolute Gasteiger partial charge is 0.208 e. The van der Waals surface area contributed by atoms with Crippen LogP contribution in [0.3, 0.4) is 0 Å². The fourth-order valence-corrected chi connectivity index (χ4v) is 9.72. The average molecular weight is 776 g/mol. The number of nitrogens with zero attached hydrogens (tertiary/aromatic N) is 3. The summed E-state index contributed by atoms with van der Waals surface area (Å²) in [6, 6.07) is 76.2. The highest BCUT2D eigenvalue weighted by atomic mass is 15.0. The first-order valence-electron chi connectivity index (χ1n) is 20.8. The molecule has 3 nitrogen and oxygen atoms in total. The first-order valence-corrected chi connectivity index (χ1v) is 20.8. The van der Waals surface area contributed by atoms with Crippen LogP contribution >= 0.6 is 0 Å². The van der Waals surface area contributed by atoms with E-state index in [0.29, 0.717) is 17.5 Å². The molecule has 0 saturated carbocycles. The molecule has 3 heteroatoms. The number of benzene rings is 9. The van der Waals surface area contributed by atoms with Crippen molar-refractivity contribution in [1.82, 2.24) is 15.0 Å². The number of hydrogen-bond acceptors (Lipinski definition) is 3. The van der Waals surface area contributed by atoms with Crippen molar-refractivity contribution in [2.24, 2.45) is 0 Å². The number of rotatable bonds is 5. The second-order valence-corrected chi connectivity index (χ2v) is 16.0. The molecule has 0 amide bonds. The van der Waals surface area contributed by atoms with Gasteiger partial charge in [-0.2, -0.15) is 0 Å². The van der Waals surface area contributed by atoms with E-state index in [1.54, 1.807) is 0 Å². The topological polar surface area (TPSA) is 38.7 Å². The quantitative estimate of drug-likeness (QED) is 0.175. The maximum Gasteiger partial charge on any atom is 0.164 e. The third-order valence-electron chi connectivity index (χ3n) is 12.5. The van der Waals surface area contributed by atoms with E-state index in [-0.39, 0.29) is 0 Å². The first kappa shape index (κ1) is 35.0. The lowest BCUT2D eigenvalue weighted by Crippen LogP contribution is -2.30. The van der Waals surface area contributed by atoms with Crippen molar-refractivity contribution in [3.63, 3.8) is 0 Å². The SMILES string of the molecule is C1=Cc2ccc(-c3nc(-c4cccc(-c5ccccc5)c4)nc(-c4cccc(-c5ccccc5)c4)n3)cc2C2(c3ccccc31)c1ccccc1-c1cc3ccccc3cc12. The second-order valence-electron chi connectivity index (χ2n) is 16.0. The van der Waals surface area contributed by atoms with Gasteiger partial charge in [-0.15, -0.1) is 0 Å². The third-order valence-corrected chi connectivity index (χ3v) is 12.5. The van der Waals surface area contributed by atoms with Crippen LogP contribution < -0.4 is 0 Å². The molecule has 1 atom stereocenters. The fourth-order valence-electron chi connectivity index (χ4n) is 9.72. The summed E-state index contributed by atoms with van der Waals surface area (Å²) in [5, 5.41) is 2.46. The van der Waals surface area contributed by atoms with E-state index >= 15 is 0 Å². The molecule has 1 aromatic heterocycles. The van der Waals surface area contributed by atoms with Crippen LogP contribution in [0.4, 0.5) is 0 Å². The molecule has 2 aliphatic carbocycles. The van der Waals surface area contributed by atoms with Gasteiger partial charge in [0.2, 0.25) is 0 Å². The minimum Gasteiger partial charge on any atom is -0.208 e. The van der Waals surface area contributed by atoms with Crippen molar-refractivity contribution in [3.8, 4) is 67.5 Å². The summed E-state index contributed by atoms with van der Waals surface area (Å²) in [5.74, 6) is 1.88. The molecule has 12 rings (SSSR count). The summed E-state index contributed by atoms with van der Waals surface area (Å²) in [7, 11) is 0. The van der Waals surface area contributed by atoms with Crippen molar-refractivity contribution in [3.05, 3.63) is 246 Å². The molecule has 2 aliphatic rings. The molecule has 0 bridgehead atoms. The smallest absolute Gasteiger partial charge is 0.164 e. The normalized spacial score (nSPS) is 14.6. The van der Waals surface area contributed by atoms with Crippen LogP contribution in [-0.4, -0.2) is 15.0 Å². The van der Waals surface area contributed by atoms with Crippen molar-refractivity contribution < 1.29 is 0 Å². The predicted octanol–water partition coefficient (Wildman–Crippen LogP) is 14.2. The zero-order chi connectivity index (χ0) is 40.3. The molecule has 0 radical (unpaired) electrons. The van der Waals surface area contributed by atoms with Crippen LogP contribution in [0.2, 0.25) is 0 Å². The highest BCUT2D eigenvalue weighted by Crippen LogP contribution is 2.59. The number of aromatic nitrogens is 3. The highest BCUT2D eigenvalue weighted by molar-refractivity contribution is 5.98. The van der Waals surface area contributed by atoms with E-state index in [9.17, 15) is 0 Å². The number of hydrogen-bond donors (Lipinski definition) is 0. The van der Waals surface area contributed by atoms with E-state index in [1.807, 2.05) is 12.1 Å². The Kier molecular flexibility index (Phi) is 8.07. The molecule has 1 spiro atoms. The van der Waals surface area contributed by atoms with Gasteiger partial charge in [-0.25, -0.2) is 15.0 Å². The molecule has 0 aliphatic heterocycles. The van der Waals surface area contributed by atoms with Gasteiger partial charge in [0.25, 0.3) is 0 Å². The van der Waals surface area contributed by atoms with E-state index in [0.717, 1.165) is 44.5 Å². The Morgan fingerprint density at radius 1 is 0.262 bits per heavy atom. The summed E-state index contributed by atoms with van der Waals surface area (Å²) in [6.45, 7) is 0. The van der Waals surface area contributed by atoms with Crippen molar-refractivity contribution in [1.29, 1.82) is 0 Å². The molecule has 284 valence electrons. The monoisotopic (exact) mass is 775 g/mol. The lowest BCUT2D eigenvalue weighted by Gasteiger charge is -2.35. The minimum absolute atomic E-state index is 0.603. The standard InChI is InChI=1S/C58H37N3/c1-3-15-38(16-4-1)42-22-13-24-46(33-42)55-59-56(47-25-14-23-43(34-47)39-17-5-2-6-18-39)61-57(60-55)48-32-31-41-30-29-40-19-9-11-27-51(40)58(53(41)37-48)52-28-12-10-26-49(52)50-35-44-20-7-8-21-45(44)36-54(50)58/h1-37H. The summed E-state index contributed by atoms with van der Waals surface area (Å²) < 4.78 is 0. The Hall–Kier alpha value is -8.01. The number of fused-ring (bicyclic) bond motifs is 10. The van der Waals surface area contributed by atoms with E-state index < -0.39 is 5.41 Å². The van der Waals surface area contributed by atoms with Crippen LogP contribution in [0.15, 0.2) is 212 Å². The van der Waals surface area contributed by atoms with Crippen molar-refractivity contribution in [2.45, 2.75) is 5.41 Å². The Bertz CT molecular complexity index is 3270. The van der Waals surface area contributed by atoms with Gasteiger partial charge in [0.1, 0.15) is 0 Å². The van der Waals surface area contributed by atoms with Crippen LogP contribution in [0.25, 0.3) is 90.5 Å². The van der Waals surface area contributed by atoms with E-state index in [4.69, 9.17) is 15.0 Å². The summed E-state index contributed by atoms with van der Waals surface area (Å²) in [4.78, 5) is 15.9. The molecule has 61 heavy (non-hydrogen) atoms.